The van der Waals surface area contributed by atoms with Crippen LogP contribution in [-0.4, -0.2) is 55.5 Å². The van der Waals surface area contributed by atoms with Crippen molar-refractivity contribution in [1.82, 2.24) is 9.80 Å². The number of nitrogens with zero attached hydrogens (tertiary/aromatic N) is 2. The van der Waals surface area contributed by atoms with Crippen LogP contribution in [0, 0.1) is 6.92 Å². The molecule has 4 nitrogen and oxygen atoms in total. The van der Waals surface area contributed by atoms with Crippen molar-refractivity contribution < 1.29 is 9.53 Å². The highest BCUT2D eigenvalue weighted by atomic mass is 79.9. The molecule has 0 aromatic heterocycles. The van der Waals surface area contributed by atoms with Crippen molar-refractivity contribution in [1.29, 1.82) is 0 Å². The fraction of sp³-hybridized carbons (Fsp3) is 0.533. The third-order valence-corrected chi connectivity index (χ3v) is 4.57. The smallest absolute Gasteiger partial charge is 0.255 e. The van der Waals surface area contributed by atoms with Gasteiger partial charge in [0.1, 0.15) is 5.75 Å². The number of likely N-dealkylation sites (N-methyl/N-ethyl adjacent to an activating group) is 1. The van der Waals surface area contributed by atoms with Crippen LogP contribution < -0.4 is 4.74 Å². The number of carbonyl (C=O) groups excluding carboxylic acids is 1. The molecule has 0 atom stereocenters. The first-order chi connectivity index (χ1) is 9.58. The van der Waals surface area contributed by atoms with Gasteiger partial charge in [0.05, 0.1) is 12.7 Å². The van der Waals surface area contributed by atoms with Gasteiger partial charge in [0, 0.05) is 36.2 Å². The minimum atomic E-state index is 0.0871. The Morgan fingerprint density at radius 3 is 2.50 bits per heavy atom. The van der Waals surface area contributed by atoms with E-state index >= 15 is 0 Å². The maximum absolute atomic E-state index is 12.7. The first kappa shape index (κ1) is 15.3. The normalized spacial score (nSPS) is 16.3. The lowest BCUT2D eigenvalue weighted by atomic mass is 10.1. The molecule has 1 aromatic rings. The van der Waals surface area contributed by atoms with Crippen molar-refractivity contribution in [3.05, 3.63) is 27.7 Å². The molecule has 2 rings (SSSR count). The SMILES string of the molecule is CCN1CCN(C(=O)c2c(Br)ccc(OC)c2C)CC1. The number of amides is 1. The lowest BCUT2D eigenvalue weighted by Crippen LogP contribution is -2.48. The van der Waals surface area contributed by atoms with Gasteiger partial charge in [-0.25, -0.2) is 0 Å². The lowest BCUT2D eigenvalue weighted by molar-refractivity contribution is 0.0641. The van der Waals surface area contributed by atoms with Crippen LogP contribution in [0.15, 0.2) is 16.6 Å². The molecule has 0 N–H and O–H groups in total. The van der Waals surface area contributed by atoms with Gasteiger partial charge < -0.3 is 14.5 Å². The second-order valence-corrected chi connectivity index (χ2v) is 5.83. The highest BCUT2D eigenvalue weighted by Crippen LogP contribution is 2.29. The molecule has 0 aliphatic carbocycles. The molecule has 110 valence electrons. The number of piperazine rings is 1. The zero-order valence-electron chi connectivity index (χ0n) is 12.3. The second-order valence-electron chi connectivity index (χ2n) is 4.98. The lowest BCUT2D eigenvalue weighted by Gasteiger charge is -2.34. The number of halogens is 1. The molecule has 0 saturated carbocycles. The van der Waals surface area contributed by atoms with E-state index in [0.717, 1.165) is 48.5 Å². The molecule has 0 bridgehead atoms. The number of carbonyl (C=O) groups is 1. The second kappa shape index (κ2) is 6.59. The number of methoxy groups -OCH3 is 1. The molecule has 1 fully saturated rings. The summed E-state index contributed by atoms with van der Waals surface area (Å²) in [5, 5.41) is 0. The molecule has 0 unspecified atom stereocenters. The van der Waals surface area contributed by atoms with Crippen molar-refractivity contribution in [2.45, 2.75) is 13.8 Å². The summed E-state index contributed by atoms with van der Waals surface area (Å²) in [7, 11) is 1.63. The molecule has 1 heterocycles. The standard InChI is InChI=1S/C15H21BrN2O2/c1-4-17-7-9-18(10-8-17)15(19)14-11(2)13(20-3)6-5-12(14)16/h5-6H,4,7-10H2,1-3H3. The Kier molecular flexibility index (Phi) is 5.05. The van der Waals surface area contributed by atoms with E-state index < -0.39 is 0 Å². The Hall–Kier alpha value is -1.07. The number of hydrogen-bond donors (Lipinski definition) is 0. The van der Waals surface area contributed by atoms with Crippen molar-refractivity contribution in [3.8, 4) is 5.75 Å². The Labute approximate surface area is 128 Å². The van der Waals surface area contributed by atoms with Crippen LogP contribution in [0.4, 0.5) is 0 Å². The van der Waals surface area contributed by atoms with Crippen LogP contribution in [-0.2, 0) is 0 Å². The highest BCUT2D eigenvalue weighted by Gasteiger charge is 2.25. The van der Waals surface area contributed by atoms with Gasteiger partial charge in [-0.15, -0.1) is 0 Å². The number of rotatable bonds is 3. The Morgan fingerprint density at radius 2 is 1.95 bits per heavy atom. The fourth-order valence-electron chi connectivity index (χ4n) is 2.57. The van der Waals surface area contributed by atoms with E-state index in [-0.39, 0.29) is 5.91 Å². The number of benzene rings is 1. The summed E-state index contributed by atoms with van der Waals surface area (Å²) < 4.78 is 6.14. The van der Waals surface area contributed by atoms with Gasteiger partial charge in [0.15, 0.2) is 0 Å². The summed E-state index contributed by atoms with van der Waals surface area (Å²) in [5.41, 5.74) is 1.61. The molecule has 1 aromatic carbocycles. The van der Waals surface area contributed by atoms with Gasteiger partial charge >= 0.3 is 0 Å². The highest BCUT2D eigenvalue weighted by molar-refractivity contribution is 9.10. The van der Waals surface area contributed by atoms with Gasteiger partial charge in [-0.05, 0) is 41.5 Å². The minimum Gasteiger partial charge on any atom is -0.496 e. The average Bonchev–Trinajstić information content (AvgIpc) is 2.47. The van der Waals surface area contributed by atoms with Crippen LogP contribution in [0.2, 0.25) is 0 Å². The van der Waals surface area contributed by atoms with E-state index in [1.807, 2.05) is 24.0 Å². The summed E-state index contributed by atoms with van der Waals surface area (Å²) in [6.45, 7) is 8.60. The third-order valence-electron chi connectivity index (χ3n) is 3.90. The van der Waals surface area contributed by atoms with Crippen molar-refractivity contribution in [3.63, 3.8) is 0 Å². The predicted octanol–water partition coefficient (Wildman–Crippen LogP) is 2.54. The summed E-state index contributed by atoms with van der Waals surface area (Å²) in [5.74, 6) is 0.841. The molecule has 0 spiro atoms. The van der Waals surface area contributed by atoms with Crippen molar-refractivity contribution in [2.24, 2.45) is 0 Å². The van der Waals surface area contributed by atoms with Crippen molar-refractivity contribution in [2.75, 3.05) is 39.8 Å². The number of ether oxygens (including phenoxy) is 1. The van der Waals surface area contributed by atoms with Crippen LogP contribution in [0.3, 0.4) is 0 Å². The zero-order chi connectivity index (χ0) is 14.7. The van der Waals surface area contributed by atoms with E-state index in [4.69, 9.17) is 4.74 Å². The van der Waals surface area contributed by atoms with Crippen LogP contribution in [0.5, 0.6) is 5.75 Å². The Balaban J connectivity index is 2.21. The zero-order valence-corrected chi connectivity index (χ0v) is 13.9. The first-order valence-corrected chi connectivity index (χ1v) is 7.72. The quantitative estimate of drug-likeness (QED) is 0.847. The first-order valence-electron chi connectivity index (χ1n) is 6.93. The van der Waals surface area contributed by atoms with E-state index in [2.05, 4.69) is 27.8 Å². The molecule has 20 heavy (non-hydrogen) atoms. The Morgan fingerprint density at radius 1 is 1.30 bits per heavy atom. The van der Waals surface area contributed by atoms with Gasteiger partial charge in [-0.2, -0.15) is 0 Å². The molecule has 1 aliphatic rings. The minimum absolute atomic E-state index is 0.0871. The molecule has 1 amide bonds. The van der Waals surface area contributed by atoms with Gasteiger partial charge in [-0.1, -0.05) is 6.92 Å². The van der Waals surface area contributed by atoms with Crippen LogP contribution in [0.25, 0.3) is 0 Å². The van der Waals surface area contributed by atoms with Crippen LogP contribution >= 0.6 is 15.9 Å². The summed E-state index contributed by atoms with van der Waals surface area (Å²) >= 11 is 3.49. The maximum atomic E-state index is 12.7. The predicted molar refractivity (Wildman–Crippen MR) is 83.4 cm³/mol. The molecular weight excluding hydrogens is 320 g/mol. The van der Waals surface area contributed by atoms with Gasteiger partial charge in [0.25, 0.3) is 5.91 Å². The summed E-state index contributed by atoms with van der Waals surface area (Å²) in [4.78, 5) is 17.0. The number of hydrogen-bond acceptors (Lipinski definition) is 3. The molecule has 1 aliphatic heterocycles. The van der Waals surface area contributed by atoms with E-state index in [1.165, 1.54) is 0 Å². The van der Waals surface area contributed by atoms with Crippen molar-refractivity contribution >= 4 is 21.8 Å². The fourth-order valence-corrected chi connectivity index (χ4v) is 3.17. The monoisotopic (exact) mass is 340 g/mol. The largest absolute Gasteiger partial charge is 0.496 e. The van der Waals surface area contributed by atoms with E-state index in [1.54, 1.807) is 7.11 Å². The average molecular weight is 341 g/mol. The topological polar surface area (TPSA) is 32.8 Å². The molecule has 5 heteroatoms. The molecular formula is C15H21BrN2O2. The Bertz CT molecular complexity index is 497. The van der Waals surface area contributed by atoms with Gasteiger partial charge in [-0.3, -0.25) is 4.79 Å². The third kappa shape index (κ3) is 2.99. The summed E-state index contributed by atoms with van der Waals surface area (Å²) in [6, 6.07) is 3.76. The maximum Gasteiger partial charge on any atom is 0.255 e. The van der Waals surface area contributed by atoms with Crippen LogP contribution in [0.1, 0.15) is 22.8 Å². The summed E-state index contributed by atoms with van der Waals surface area (Å²) in [6.07, 6.45) is 0. The van der Waals surface area contributed by atoms with E-state index in [0.29, 0.717) is 5.56 Å². The molecule has 1 saturated heterocycles. The van der Waals surface area contributed by atoms with Gasteiger partial charge in [0.2, 0.25) is 0 Å². The molecule has 0 radical (unpaired) electrons. The van der Waals surface area contributed by atoms with E-state index in [9.17, 15) is 4.79 Å².